The van der Waals surface area contributed by atoms with Crippen LogP contribution < -0.4 is 5.32 Å². The van der Waals surface area contributed by atoms with Gasteiger partial charge >= 0.3 is 11.9 Å². The van der Waals surface area contributed by atoms with E-state index in [-0.39, 0.29) is 30.6 Å². The molecule has 0 bridgehead atoms. The van der Waals surface area contributed by atoms with Crippen LogP contribution in [0, 0.1) is 0 Å². The van der Waals surface area contributed by atoms with Gasteiger partial charge in [-0.25, -0.2) is 0 Å². The van der Waals surface area contributed by atoms with Crippen molar-refractivity contribution in [1.29, 1.82) is 0 Å². The molecule has 2 atom stereocenters. The second kappa shape index (κ2) is 21.1. The number of carbonyl (C=O) groups excluding carboxylic acids is 2. The number of unbranched alkanes of at least 4 members (excludes halogenated alkanes) is 12. The largest absolute Gasteiger partial charge is 0.468 e. The van der Waals surface area contributed by atoms with E-state index < -0.39 is 0 Å². The number of carbonyl (C=O) groups is 2. The lowest BCUT2D eigenvalue weighted by molar-refractivity contribution is -0.151. The predicted octanol–water partition coefficient (Wildman–Crippen LogP) is 6.33. The third-order valence-corrected chi connectivity index (χ3v) is 5.71. The average Bonchev–Trinajstić information content (AvgIpc) is 2.75. The number of ether oxygens (including phenoxy) is 2. The molecule has 0 aromatic carbocycles. The topological polar surface area (TPSA) is 64.6 Å². The van der Waals surface area contributed by atoms with Gasteiger partial charge in [0.1, 0.15) is 6.10 Å². The van der Waals surface area contributed by atoms with Crippen LogP contribution in [0.15, 0.2) is 0 Å². The fourth-order valence-corrected chi connectivity index (χ4v) is 3.62. The Morgan fingerprint density at radius 2 is 1.23 bits per heavy atom. The Kier molecular flexibility index (Phi) is 20.4. The van der Waals surface area contributed by atoms with Crippen molar-refractivity contribution in [2.75, 3.05) is 13.7 Å². The van der Waals surface area contributed by atoms with Crippen molar-refractivity contribution in [1.82, 2.24) is 5.32 Å². The van der Waals surface area contributed by atoms with Crippen LogP contribution in [0.25, 0.3) is 0 Å². The van der Waals surface area contributed by atoms with Gasteiger partial charge in [0.05, 0.1) is 13.7 Å². The van der Waals surface area contributed by atoms with Crippen molar-refractivity contribution in [2.45, 2.75) is 136 Å². The smallest absolute Gasteiger partial charge is 0.319 e. The number of rotatable bonds is 21. The first-order valence-corrected chi connectivity index (χ1v) is 12.5. The summed E-state index contributed by atoms with van der Waals surface area (Å²) in [6.45, 7) is 6.56. The minimum atomic E-state index is -0.300. The number of hydrogen-bond acceptors (Lipinski definition) is 5. The Balaban J connectivity index is 4.23. The second-order valence-corrected chi connectivity index (χ2v) is 8.56. The number of hydrogen-bond donors (Lipinski definition) is 1. The van der Waals surface area contributed by atoms with Gasteiger partial charge in [0.25, 0.3) is 0 Å². The maximum atomic E-state index is 12.3. The van der Waals surface area contributed by atoms with Crippen LogP contribution >= 0.6 is 0 Å². The van der Waals surface area contributed by atoms with Gasteiger partial charge in [0.2, 0.25) is 0 Å². The van der Waals surface area contributed by atoms with E-state index in [1.165, 1.54) is 77.7 Å². The van der Waals surface area contributed by atoms with Gasteiger partial charge in [-0.3, -0.25) is 9.59 Å². The molecule has 0 spiro atoms. The first-order chi connectivity index (χ1) is 14.5. The van der Waals surface area contributed by atoms with Crippen molar-refractivity contribution in [3.05, 3.63) is 0 Å². The zero-order valence-corrected chi connectivity index (χ0v) is 20.3. The fraction of sp³-hybridized carbons (Fsp3) is 0.920. The lowest BCUT2D eigenvalue weighted by Gasteiger charge is -2.25. The minimum Gasteiger partial charge on any atom is -0.468 e. The molecule has 0 saturated carbocycles. The maximum Gasteiger partial charge on any atom is 0.319 e. The molecule has 5 nitrogen and oxygen atoms in total. The van der Waals surface area contributed by atoms with Crippen molar-refractivity contribution in [3.63, 3.8) is 0 Å². The molecular formula is C25H49NO4. The van der Waals surface area contributed by atoms with Crippen molar-refractivity contribution < 1.29 is 19.1 Å². The molecule has 0 amide bonds. The Morgan fingerprint density at radius 1 is 0.733 bits per heavy atom. The molecule has 178 valence electrons. The molecule has 0 radical (unpaired) electrons. The molecule has 0 saturated heterocycles. The molecule has 0 aliphatic rings. The van der Waals surface area contributed by atoms with E-state index in [2.05, 4.69) is 19.2 Å². The van der Waals surface area contributed by atoms with E-state index in [1.807, 2.05) is 6.92 Å². The number of nitrogens with one attached hydrogen (secondary N) is 1. The van der Waals surface area contributed by atoms with Crippen LogP contribution in [0.3, 0.4) is 0 Å². The zero-order valence-electron chi connectivity index (χ0n) is 20.3. The highest BCUT2D eigenvalue weighted by Crippen LogP contribution is 2.16. The van der Waals surface area contributed by atoms with E-state index in [0.717, 1.165) is 25.7 Å². The Labute approximate surface area is 186 Å². The molecule has 0 unspecified atom stereocenters. The summed E-state index contributed by atoms with van der Waals surface area (Å²) < 4.78 is 10.5. The molecule has 0 aliphatic carbocycles. The third-order valence-electron chi connectivity index (χ3n) is 5.71. The van der Waals surface area contributed by atoms with Gasteiger partial charge in [-0.05, 0) is 26.2 Å². The molecule has 0 aromatic rings. The van der Waals surface area contributed by atoms with E-state index in [9.17, 15) is 9.59 Å². The summed E-state index contributed by atoms with van der Waals surface area (Å²) in [6.07, 6.45) is 18.2. The highest BCUT2D eigenvalue weighted by molar-refractivity contribution is 5.71. The van der Waals surface area contributed by atoms with Gasteiger partial charge in [-0.1, -0.05) is 90.9 Å². The number of methoxy groups -OCH3 is 1. The van der Waals surface area contributed by atoms with Crippen molar-refractivity contribution in [3.8, 4) is 0 Å². The Hall–Kier alpha value is -1.10. The first kappa shape index (κ1) is 28.9. The lowest BCUT2D eigenvalue weighted by atomic mass is 10.0. The van der Waals surface area contributed by atoms with E-state index in [4.69, 9.17) is 9.47 Å². The van der Waals surface area contributed by atoms with Crippen LogP contribution in [0.1, 0.15) is 124 Å². The Morgan fingerprint density at radius 3 is 1.77 bits per heavy atom. The van der Waals surface area contributed by atoms with Crippen LogP contribution in [-0.2, 0) is 19.1 Å². The summed E-state index contributed by atoms with van der Waals surface area (Å²) in [5.74, 6) is -0.412. The quantitative estimate of drug-likeness (QED) is 0.171. The maximum absolute atomic E-state index is 12.3. The first-order valence-electron chi connectivity index (χ1n) is 12.5. The van der Waals surface area contributed by atoms with Gasteiger partial charge in [0.15, 0.2) is 0 Å². The third kappa shape index (κ3) is 17.7. The SMILES string of the molecule is CCCCCCCCCCC[C@@H](OC(=O)CCCCCCC)[C@@H](C)NCC(=O)OC. The standard InChI is InChI=1S/C25H49NO4/c1-5-7-9-11-12-13-14-16-17-19-23(22(3)26-21-25(28)29-4)30-24(27)20-18-15-10-8-6-2/h22-23,26H,5-21H2,1-4H3/t22-,23-/m1/s1. The molecule has 0 fully saturated rings. The fourth-order valence-electron chi connectivity index (χ4n) is 3.62. The monoisotopic (exact) mass is 427 g/mol. The highest BCUT2D eigenvalue weighted by atomic mass is 16.5. The summed E-state index contributed by atoms with van der Waals surface area (Å²) in [4.78, 5) is 23.7. The molecule has 0 aromatic heterocycles. The van der Waals surface area contributed by atoms with Crippen LogP contribution in [0.4, 0.5) is 0 Å². The molecule has 1 N–H and O–H groups in total. The summed E-state index contributed by atoms with van der Waals surface area (Å²) in [5, 5.41) is 3.15. The number of esters is 2. The van der Waals surface area contributed by atoms with E-state index in [1.54, 1.807) is 0 Å². The average molecular weight is 428 g/mol. The molecule has 30 heavy (non-hydrogen) atoms. The second-order valence-electron chi connectivity index (χ2n) is 8.56. The Bertz CT molecular complexity index is 414. The van der Waals surface area contributed by atoms with Gasteiger partial charge in [-0.2, -0.15) is 0 Å². The van der Waals surface area contributed by atoms with E-state index >= 15 is 0 Å². The summed E-state index contributed by atoms with van der Waals surface area (Å²) in [5.41, 5.74) is 0. The van der Waals surface area contributed by atoms with Crippen LogP contribution in [0.5, 0.6) is 0 Å². The van der Waals surface area contributed by atoms with Gasteiger partial charge in [0, 0.05) is 12.5 Å². The molecule has 0 rings (SSSR count). The molecule has 0 aliphatic heterocycles. The normalized spacial score (nSPS) is 13.1. The van der Waals surface area contributed by atoms with Crippen molar-refractivity contribution >= 4 is 11.9 Å². The lowest BCUT2D eigenvalue weighted by Crippen LogP contribution is -2.42. The van der Waals surface area contributed by atoms with Gasteiger partial charge < -0.3 is 14.8 Å². The minimum absolute atomic E-state index is 0.0674. The van der Waals surface area contributed by atoms with Crippen molar-refractivity contribution in [2.24, 2.45) is 0 Å². The molecular weight excluding hydrogens is 378 g/mol. The van der Waals surface area contributed by atoms with Crippen LogP contribution in [0.2, 0.25) is 0 Å². The zero-order chi connectivity index (χ0) is 22.5. The summed E-state index contributed by atoms with van der Waals surface area (Å²) >= 11 is 0. The van der Waals surface area contributed by atoms with Gasteiger partial charge in [-0.15, -0.1) is 0 Å². The highest BCUT2D eigenvalue weighted by Gasteiger charge is 2.21. The summed E-state index contributed by atoms with van der Waals surface area (Å²) in [7, 11) is 1.38. The molecule has 0 heterocycles. The summed E-state index contributed by atoms with van der Waals surface area (Å²) in [6, 6.07) is -0.0674. The molecule has 5 heteroatoms. The van der Waals surface area contributed by atoms with Crippen LogP contribution in [-0.4, -0.2) is 37.7 Å². The predicted molar refractivity (Wildman–Crippen MR) is 125 cm³/mol. The van der Waals surface area contributed by atoms with E-state index in [0.29, 0.717) is 6.42 Å².